The molecule has 0 radical (unpaired) electrons. The number of ether oxygens (including phenoxy) is 1. The first-order chi connectivity index (χ1) is 6.38. The molecule has 2 unspecified atom stereocenters. The molecule has 1 aliphatic heterocycles. The van der Waals surface area contributed by atoms with Crippen molar-refractivity contribution in [1.82, 2.24) is 5.32 Å². The van der Waals surface area contributed by atoms with E-state index in [9.17, 15) is 5.11 Å². The van der Waals surface area contributed by atoms with Crippen molar-refractivity contribution >= 4 is 0 Å². The highest BCUT2D eigenvalue weighted by Crippen LogP contribution is 2.21. The van der Waals surface area contributed by atoms with Crippen LogP contribution in [0.1, 0.15) is 11.7 Å². The Bertz CT molecular complexity index is 263. The summed E-state index contributed by atoms with van der Waals surface area (Å²) in [6, 6.07) is 9.76. The quantitative estimate of drug-likeness (QED) is 0.665. The molecule has 70 valence electrons. The maximum absolute atomic E-state index is 9.59. The third-order valence-corrected chi connectivity index (χ3v) is 2.17. The summed E-state index contributed by atoms with van der Waals surface area (Å²) >= 11 is 0. The molecule has 0 aliphatic carbocycles. The summed E-state index contributed by atoms with van der Waals surface area (Å²) in [4.78, 5) is 0. The van der Waals surface area contributed by atoms with Gasteiger partial charge in [-0.1, -0.05) is 30.3 Å². The number of aliphatic hydroxyl groups excluding tert-OH is 1. The van der Waals surface area contributed by atoms with E-state index in [1.165, 1.54) is 0 Å². The third kappa shape index (κ3) is 1.88. The van der Waals surface area contributed by atoms with Gasteiger partial charge in [0.1, 0.15) is 12.3 Å². The first kappa shape index (κ1) is 8.69. The molecule has 3 nitrogen and oxygen atoms in total. The van der Waals surface area contributed by atoms with Gasteiger partial charge in [-0.2, -0.15) is 0 Å². The van der Waals surface area contributed by atoms with Crippen LogP contribution in [-0.2, 0) is 4.74 Å². The van der Waals surface area contributed by atoms with E-state index in [-0.39, 0.29) is 6.10 Å². The van der Waals surface area contributed by atoms with E-state index in [1.54, 1.807) is 0 Å². The lowest BCUT2D eigenvalue weighted by Gasteiger charge is -2.29. The first-order valence-corrected chi connectivity index (χ1v) is 4.46. The molecule has 0 aromatic heterocycles. The van der Waals surface area contributed by atoms with Crippen molar-refractivity contribution in [2.45, 2.75) is 12.3 Å². The lowest BCUT2D eigenvalue weighted by atomic mass is 10.1. The van der Waals surface area contributed by atoms with Gasteiger partial charge < -0.3 is 9.84 Å². The van der Waals surface area contributed by atoms with Crippen molar-refractivity contribution in [3.63, 3.8) is 0 Å². The molecule has 2 atom stereocenters. The van der Waals surface area contributed by atoms with Gasteiger partial charge in [-0.15, -0.1) is 0 Å². The molecule has 13 heavy (non-hydrogen) atoms. The standard InChI is InChI=1S/C10H13NO2/c12-10-9(13-7-6-11-10)8-4-2-1-3-5-8/h1-5,9-12H,6-7H2. The van der Waals surface area contributed by atoms with Crippen molar-refractivity contribution < 1.29 is 9.84 Å². The summed E-state index contributed by atoms with van der Waals surface area (Å²) in [5.74, 6) is 0. The van der Waals surface area contributed by atoms with Gasteiger partial charge in [-0.05, 0) is 5.56 Å². The molecule has 1 saturated heterocycles. The molecule has 3 heteroatoms. The van der Waals surface area contributed by atoms with Gasteiger partial charge in [0.25, 0.3) is 0 Å². The van der Waals surface area contributed by atoms with Crippen LogP contribution in [-0.4, -0.2) is 24.5 Å². The normalized spacial score (nSPS) is 28.7. The molecule has 0 saturated carbocycles. The molecule has 2 rings (SSSR count). The van der Waals surface area contributed by atoms with Crippen LogP contribution in [0.2, 0.25) is 0 Å². The summed E-state index contributed by atoms with van der Waals surface area (Å²) in [6.45, 7) is 1.36. The topological polar surface area (TPSA) is 41.5 Å². The Balaban J connectivity index is 2.15. The molecule has 0 spiro atoms. The smallest absolute Gasteiger partial charge is 0.135 e. The summed E-state index contributed by atoms with van der Waals surface area (Å²) in [6.07, 6.45) is -0.814. The largest absolute Gasteiger partial charge is 0.375 e. The van der Waals surface area contributed by atoms with Crippen LogP contribution in [0.4, 0.5) is 0 Å². The Labute approximate surface area is 77.3 Å². The highest BCUT2D eigenvalue weighted by atomic mass is 16.5. The second-order valence-corrected chi connectivity index (χ2v) is 3.10. The van der Waals surface area contributed by atoms with Crippen LogP contribution in [0.5, 0.6) is 0 Å². The van der Waals surface area contributed by atoms with Crippen LogP contribution < -0.4 is 5.32 Å². The summed E-state index contributed by atoms with van der Waals surface area (Å²) in [5, 5.41) is 12.5. The zero-order valence-corrected chi connectivity index (χ0v) is 7.31. The Hall–Kier alpha value is -0.900. The van der Waals surface area contributed by atoms with Crippen molar-refractivity contribution in [3.8, 4) is 0 Å². The fourth-order valence-corrected chi connectivity index (χ4v) is 1.51. The van der Waals surface area contributed by atoms with Gasteiger partial charge in [-0.3, -0.25) is 5.32 Å². The molecule has 1 aromatic carbocycles. The number of hydrogen-bond acceptors (Lipinski definition) is 3. The molecule has 2 N–H and O–H groups in total. The number of morpholine rings is 1. The van der Waals surface area contributed by atoms with Gasteiger partial charge in [0.05, 0.1) is 6.61 Å². The Morgan fingerprint density at radius 3 is 2.77 bits per heavy atom. The third-order valence-electron chi connectivity index (χ3n) is 2.17. The number of benzene rings is 1. The van der Waals surface area contributed by atoms with Crippen LogP contribution in [0, 0.1) is 0 Å². The van der Waals surface area contributed by atoms with Crippen molar-refractivity contribution in [2.24, 2.45) is 0 Å². The molecule has 1 aromatic rings. The van der Waals surface area contributed by atoms with Crippen molar-refractivity contribution in [3.05, 3.63) is 35.9 Å². The van der Waals surface area contributed by atoms with E-state index in [1.807, 2.05) is 30.3 Å². The van der Waals surface area contributed by atoms with Crippen molar-refractivity contribution in [1.29, 1.82) is 0 Å². The molecule has 1 heterocycles. The van der Waals surface area contributed by atoms with Gasteiger partial charge in [0, 0.05) is 6.54 Å². The second kappa shape index (κ2) is 3.87. The van der Waals surface area contributed by atoms with E-state index in [0.29, 0.717) is 13.2 Å². The SMILES string of the molecule is OC1NCCOC1c1ccccc1. The average molecular weight is 179 g/mol. The number of nitrogens with one attached hydrogen (secondary N) is 1. The molecular weight excluding hydrogens is 166 g/mol. The van der Waals surface area contributed by atoms with Crippen molar-refractivity contribution in [2.75, 3.05) is 13.2 Å². The lowest BCUT2D eigenvalue weighted by molar-refractivity contribution is -0.0850. The minimum atomic E-state index is -0.587. The minimum Gasteiger partial charge on any atom is -0.375 e. The predicted molar refractivity (Wildman–Crippen MR) is 49.1 cm³/mol. The number of aliphatic hydroxyl groups is 1. The van der Waals surface area contributed by atoms with E-state index >= 15 is 0 Å². The maximum atomic E-state index is 9.59. The average Bonchev–Trinajstić information content (AvgIpc) is 2.20. The van der Waals surface area contributed by atoms with Crippen LogP contribution >= 0.6 is 0 Å². The molecule has 0 amide bonds. The lowest BCUT2D eigenvalue weighted by Crippen LogP contribution is -2.43. The Morgan fingerprint density at radius 2 is 2.08 bits per heavy atom. The fraction of sp³-hybridized carbons (Fsp3) is 0.400. The molecule has 0 bridgehead atoms. The Kier molecular flexibility index (Phi) is 2.59. The first-order valence-electron chi connectivity index (χ1n) is 4.46. The summed E-state index contributed by atoms with van der Waals surface area (Å²) in [7, 11) is 0. The fourth-order valence-electron chi connectivity index (χ4n) is 1.51. The molecular formula is C10H13NO2. The number of hydrogen-bond donors (Lipinski definition) is 2. The minimum absolute atomic E-state index is 0.227. The zero-order chi connectivity index (χ0) is 9.10. The van der Waals surface area contributed by atoms with Crippen LogP contribution in [0.15, 0.2) is 30.3 Å². The van der Waals surface area contributed by atoms with E-state index in [2.05, 4.69) is 5.32 Å². The highest BCUT2D eigenvalue weighted by Gasteiger charge is 2.24. The Morgan fingerprint density at radius 1 is 1.31 bits per heavy atom. The second-order valence-electron chi connectivity index (χ2n) is 3.10. The van der Waals surface area contributed by atoms with Gasteiger partial charge in [-0.25, -0.2) is 0 Å². The monoisotopic (exact) mass is 179 g/mol. The maximum Gasteiger partial charge on any atom is 0.135 e. The van der Waals surface area contributed by atoms with E-state index < -0.39 is 6.23 Å². The van der Waals surface area contributed by atoms with Gasteiger partial charge >= 0.3 is 0 Å². The summed E-state index contributed by atoms with van der Waals surface area (Å²) in [5.41, 5.74) is 1.02. The molecule has 1 aliphatic rings. The highest BCUT2D eigenvalue weighted by molar-refractivity contribution is 5.18. The number of rotatable bonds is 1. The summed E-state index contributed by atoms with van der Waals surface area (Å²) < 4.78 is 5.46. The van der Waals surface area contributed by atoms with Gasteiger partial charge in [0.2, 0.25) is 0 Å². The van der Waals surface area contributed by atoms with Gasteiger partial charge in [0.15, 0.2) is 0 Å². The van der Waals surface area contributed by atoms with E-state index in [4.69, 9.17) is 4.74 Å². The van der Waals surface area contributed by atoms with E-state index in [0.717, 1.165) is 5.56 Å². The zero-order valence-electron chi connectivity index (χ0n) is 7.31. The van der Waals surface area contributed by atoms with Crippen LogP contribution in [0.25, 0.3) is 0 Å². The van der Waals surface area contributed by atoms with Crippen LogP contribution in [0.3, 0.4) is 0 Å². The predicted octanol–water partition coefficient (Wildman–Crippen LogP) is 0.666. The molecule has 1 fully saturated rings.